The minimum atomic E-state index is -0.220. The summed E-state index contributed by atoms with van der Waals surface area (Å²) in [4.78, 5) is 2.09. The standard InChI is InChI=1S/C13H11BrFNS/c14-10-2-1-9(8-16)13(7-10)17-12-5-3-11(15)4-6-12/h1-7H,8,16H2. The Morgan fingerprint density at radius 3 is 2.47 bits per heavy atom. The Labute approximate surface area is 112 Å². The summed E-state index contributed by atoms with van der Waals surface area (Å²) in [5, 5.41) is 0. The molecule has 17 heavy (non-hydrogen) atoms. The van der Waals surface area contributed by atoms with Crippen LogP contribution in [0.25, 0.3) is 0 Å². The van der Waals surface area contributed by atoms with Crippen LogP contribution in [0.5, 0.6) is 0 Å². The molecule has 0 aliphatic carbocycles. The van der Waals surface area contributed by atoms with E-state index in [0.717, 1.165) is 19.8 Å². The van der Waals surface area contributed by atoms with Gasteiger partial charge in [-0.1, -0.05) is 33.8 Å². The van der Waals surface area contributed by atoms with E-state index in [1.54, 1.807) is 23.9 Å². The van der Waals surface area contributed by atoms with E-state index in [1.165, 1.54) is 12.1 Å². The molecule has 0 heterocycles. The lowest BCUT2D eigenvalue weighted by Crippen LogP contribution is -1.98. The Morgan fingerprint density at radius 1 is 1.12 bits per heavy atom. The van der Waals surface area contributed by atoms with Gasteiger partial charge in [-0.2, -0.15) is 0 Å². The Balaban J connectivity index is 2.28. The molecular weight excluding hydrogens is 301 g/mol. The van der Waals surface area contributed by atoms with Crippen molar-refractivity contribution in [3.05, 3.63) is 58.3 Å². The molecule has 0 aliphatic heterocycles. The average molecular weight is 312 g/mol. The molecule has 0 amide bonds. The van der Waals surface area contributed by atoms with Crippen molar-refractivity contribution in [2.45, 2.75) is 16.3 Å². The van der Waals surface area contributed by atoms with Crippen molar-refractivity contribution < 1.29 is 4.39 Å². The van der Waals surface area contributed by atoms with E-state index in [-0.39, 0.29) is 5.82 Å². The first kappa shape index (κ1) is 12.6. The molecule has 4 heteroatoms. The highest BCUT2D eigenvalue weighted by Gasteiger charge is 2.04. The van der Waals surface area contributed by atoms with Crippen molar-refractivity contribution in [2.24, 2.45) is 5.73 Å². The fourth-order valence-electron chi connectivity index (χ4n) is 1.42. The summed E-state index contributed by atoms with van der Waals surface area (Å²) >= 11 is 5.02. The zero-order chi connectivity index (χ0) is 12.3. The van der Waals surface area contributed by atoms with Crippen LogP contribution in [-0.4, -0.2) is 0 Å². The van der Waals surface area contributed by atoms with E-state index in [4.69, 9.17) is 5.73 Å². The van der Waals surface area contributed by atoms with Crippen LogP contribution < -0.4 is 5.73 Å². The van der Waals surface area contributed by atoms with Gasteiger partial charge in [0.2, 0.25) is 0 Å². The third kappa shape index (κ3) is 3.31. The molecule has 0 atom stereocenters. The van der Waals surface area contributed by atoms with Gasteiger partial charge in [-0.25, -0.2) is 4.39 Å². The highest BCUT2D eigenvalue weighted by Crippen LogP contribution is 2.32. The van der Waals surface area contributed by atoms with Crippen molar-refractivity contribution in [1.29, 1.82) is 0 Å². The first-order chi connectivity index (χ1) is 8.19. The lowest BCUT2D eigenvalue weighted by atomic mass is 10.2. The van der Waals surface area contributed by atoms with Crippen molar-refractivity contribution in [1.82, 2.24) is 0 Å². The summed E-state index contributed by atoms with van der Waals surface area (Å²) in [6, 6.07) is 12.4. The van der Waals surface area contributed by atoms with Crippen LogP contribution in [0.3, 0.4) is 0 Å². The monoisotopic (exact) mass is 311 g/mol. The van der Waals surface area contributed by atoms with Crippen LogP contribution >= 0.6 is 27.7 Å². The Kier molecular flexibility index (Phi) is 4.20. The highest BCUT2D eigenvalue weighted by atomic mass is 79.9. The molecule has 0 saturated carbocycles. The summed E-state index contributed by atoms with van der Waals surface area (Å²) in [5.41, 5.74) is 6.78. The summed E-state index contributed by atoms with van der Waals surface area (Å²) in [6.45, 7) is 0.497. The lowest BCUT2D eigenvalue weighted by molar-refractivity contribution is 0.626. The van der Waals surface area contributed by atoms with E-state index in [0.29, 0.717) is 6.54 Å². The molecule has 1 nitrogen and oxygen atoms in total. The first-order valence-electron chi connectivity index (χ1n) is 5.11. The quantitative estimate of drug-likeness (QED) is 0.919. The number of benzene rings is 2. The van der Waals surface area contributed by atoms with Crippen molar-refractivity contribution in [2.75, 3.05) is 0 Å². The van der Waals surface area contributed by atoms with E-state index >= 15 is 0 Å². The van der Waals surface area contributed by atoms with Gasteiger partial charge in [-0.05, 0) is 42.0 Å². The Morgan fingerprint density at radius 2 is 1.82 bits per heavy atom. The number of halogens is 2. The molecular formula is C13H11BrFNS. The maximum atomic E-state index is 12.8. The van der Waals surface area contributed by atoms with Gasteiger partial charge < -0.3 is 5.73 Å². The predicted molar refractivity (Wildman–Crippen MR) is 72.6 cm³/mol. The third-order valence-electron chi connectivity index (χ3n) is 2.29. The maximum absolute atomic E-state index is 12.8. The molecule has 0 saturated heterocycles. The van der Waals surface area contributed by atoms with Gasteiger partial charge in [0.25, 0.3) is 0 Å². The smallest absolute Gasteiger partial charge is 0.123 e. The number of rotatable bonds is 3. The van der Waals surface area contributed by atoms with Gasteiger partial charge in [-0.3, -0.25) is 0 Å². The van der Waals surface area contributed by atoms with E-state index in [9.17, 15) is 4.39 Å². The fraction of sp³-hybridized carbons (Fsp3) is 0.0769. The van der Waals surface area contributed by atoms with Crippen molar-refractivity contribution >= 4 is 27.7 Å². The summed E-state index contributed by atoms with van der Waals surface area (Å²) in [7, 11) is 0. The van der Waals surface area contributed by atoms with Crippen LogP contribution in [0.2, 0.25) is 0 Å². The van der Waals surface area contributed by atoms with E-state index in [1.807, 2.05) is 18.2 Å². The predicted octanol–water partition coefficient (Wildman–Crippen LogP) is 4.20. The number of hydrogen-bond acceptors (Lipinski definition) is 2. The zero-order valence-corrected chi connectivity index (χ0v) is 11.4. The van der Waals surface area contributed by atoms with Crippen LogP contribution in [0, 0.1) is 5.82 Å². The molecule has 2 N–H and O–H groups in total. The van der Waals surface area contributed by atoms with Gasteiger partial charge in [0, 0.05) is 20.8 Å². The summed E-state index contributed by atoms with van der Waals surface area (Å²) < 4.78 is 13.8. The summed E-state index contributed by atoms with van der Waals surface area (Å²) in [6.07, 6.45) is 0. The lowest BCUT2D eigenvalue weighted by Gasteiger charge is -2.08. The number of hydrogen-bond donors (Lipinski definition) is 1. The molecule has 2 rings (SSSR count). The molecule has 0 unspecified atom stereocenters. The van der Waals surface area contributed by atoms with E-state index in [2.05, 4.69) is 15.9 Å². The van der Waals surface area contributed by atoms with Gasteiger partial charge in [0.15, 0.2) is 0 Å². The van der Waals surface area contributed by atoms with Crippen LogP contribution in [-0.2, 0) is 6.54 Å². The molecule has 0 bridgehead atoms. The second-order valence-electron chi connectivity index (χ2n) is 3.51. The summed E-state index contributed by atoms with van der Waals surface area (Å²) in [5.74, 6) is -0.220. The molecule has 0 aliphatic rings. The van der Waals surface area contributed by atoms with Gasteiger partial charge >= 0.3 is 0 Å². The minimum absolute atomic E-state index is 0.220. The number of nitrogens with two attached hydrogens (primary N) is 1. The first-order valence-corrected chi connectivity index (χ1v) is 6.72. The van der Waals surface area contributed by atoms with Crippen LogP contribution in [0.4, 0.5) is 4.39 Å². The molecule has 2 aromatic rings. The molecule has 0 fully saturated rings. The average Bonchev–Trinajstić information content (AvgIpc) is 2.32. The normalized spacial score (nSPS) is 10.5. The van der Waals surface area contributed by atoms with Crippen molar-refractivity contribution in [3.8, 4) is 0 Å². The second-order valence-corrected chi connectivity index (χ2v) is 5.54. The highest BCUT2D eigenvalue weighted by molar-refractivity contribution is 9.10. The van der Waals surface area contributed by atoms with Gasteiger partial charge in [0.1, 0.15) is 5.82 Å². The fourth-order valence-corrected chi connectivity index (χ4v) is 2.93. The van der Waals surface area contributed by atoms with Crippen LogP contribution in [0.1, 0.15) is 5.56 Å². The van der Waals surface area contributed by atoms with E-state index < -0.39 is 0 Å². The molecule has 0 aromatic heterocycles. The Bertz CT molecular complexity index is 513. The molecule has 88 valence electrons. The minimum Gasteiger partial charge on any atom is -0.326 e. The Hall–Kier alpha value is -0.840. The molecule has 2 aromatic carbocycles. The van der Waals surface area contributed by atoms with Crippen LogP contribution in [0.15, 0.2) is 56.7 Å². The molecule has 0 radical (unpaired) electrons. The zero-order valence-electron chi connectivity index (χ0n) is 8.99. The maximum Gasteiger partial charge on any atom is 0.123 e. The van der Waals surface area contributed by atoms with Gasteiger partial charge in [-0.15, -0.1) is 0 Å². The van der Waals surface area contributed by atoms with Gasteiger partial charge in [0.05, 0.1) is 0 Å². The SMILES string of the molecule is NCc1ccc(Br)cc1Sc1ccc(F)cc1. The topological polar surface area (TPSA) is 26.0 Å². The third-order valence-corrected chi connectivity index (χ3v) is 3.89. The second kappa shape index (κ2) is 5.67. The van der Waals surface area contributed by atoms with Crippen molar-refractivity contribution in [3.63, 3.8) is 0 Å². The largest absolute Gasteiger partial charge is 0.326 e. The molecule has 0 spiro atoms.